The highest BCUT2D eigenvalue weighted by Gasteiger charge is 2.07. The van der Waals surface area contributed by atoms with Crippen molar-refractivity contribution in [3.8, 4) is 0 Å². The maximum Gasteiger partial charge on any atom is 0.252 e. The summed E-state index contributed by atoms with van der Waals surface area (Å²) >= 11 is 0. The Hall–Kier alpha value is -1.79. The van der Waals surface area contributed by atoms with Gasteiger partial charge >= 0.3 is 0 Å². The van der Waals surface area contributed by atoms with E-state index in [4.69, 9.17) is 15.0 Å². The van der Waals surface area contributed by atoms with E-state index in [-0.39, 0.29) is 0 Å². The van der Waals surface area contributed by atoms with Crippen LogP contribution in [-0.4, -0.2) is 28.3 Å². The predicted molar refractivity (Wildman–Crippen MR) is 60.1 cm³/mol. The molecule has 0 aliphatic heterocycles. The fourth-order valence-corrected chi connectivity index (χ4v) is 1.33. The molecule has 0 aromatic carbocycles. The van der Waals surface area contributed by atoms with Crippen LogP contribution >= 0.6 is 0 Å². The van der Waals surface area contributed by atoms with E-state index in [0.29, 0.717) is 37.9 Å². The van der Waals surface area contributed by atoms with Gasteiger partial charge in [-0.05, 0) is 12.1 Å². The van der Waals surface area contributed by atoms with Gasteiger partial charge in [0, 0.05) is 18.4 Å². The van der Waals surface area contributed by atoms with E-state index in [1.807, 2.05) is 18.2 Å². The topological polar surface area (TPSA) is 87.1 Å². The molecule has 17 heavy (non-hydrogen) atoms. The molecular formula is C11H14N4O2. The maximum absolute atomic E-state index is 5.30. The summed E-state index contributed by atoms with van der Waals surface area (Å²) < 4.78 is 10.2. The molecule has 0 saturated heterocycles. The van der Waals surface area contributed by atoms with Gasteiger partial charge in [0.2, 0.25) is 0 Å². The molecule has 2 N–H and O–H groups in total. The summed E-state index contributed by atoms with van der Waals surface area (Å²) in [6, 6.07) is 5.71. The lowest BCUT2D eigenvalue weighted by Gasteiger charge is -1.95. The van der Waals surface area contributed by atoms with Gasteiger partial charge in [-0.25, -0.2) is 0 Å². The van der Waals surface area contributed by atoms with Crippen LogP contribution in [0.3, 0.4) is 0 Å². The Kier molecular flexibility index (Phi) is 4.17. The number of rotatable bonds is 6. The second-order valence-electron chi connectivity index (χ2n) is 3.44. The molecule has 0 saturated carbocycles. The minimum atomic E-state index is 0.298. The van der Waals surface area contributed by atoms with Crippen LogP contribution in [-0.2, 0) is 17.8 Å². The summed E-state index contributed by atoms with van der Waals surface area (Å²) in [5.74, 6) is 1.07. The molecule has 0 atom stereocenters. The van der Waals surface area contributed by atoms with Crippen LogP contribution in [0.5, 0.6) is 0 Å². The summed E-state index contributed by atoms with van der Waals surface area (Å²) in [6.07, 6.45) is 2.29. The molecule has 2 aromatic rings. The van der Waals surface area contributed by atoms with Crippen LogP contribution in [0.1, 0.15) is 17.4 Å². The Labute approximate surface area is 98.8 Å². The highest BCUT2D eigenvalue weighted by Crippen LogP contribution is 2.04. The van der Waals surface area contributed by atoms with Crippen molar-refractivity contribution in [2.45, 2.75) is 13.0 Å². The van der Waals surface area contributed by atoms with Gasteiger partial charge in [-0.1, -0.05) is 11.2 Å². The molecule has 6 heteroatoms. The summed E-state index contributed by atoms with van der Waals surface area (Å²) in [5.41, 5.74) is 6.21. The van der Waals surface area contributed by atoms with Gasteiger partial charge in [-0.2, -0.15) is 4.98 Å². The van der Waals surface area contributed by atoms with Crippen molar-refractivity contribution in [2.24, 2.45) is 5.73 Å². The van der Waals surface area contributed by atoms with Crippen LogP contribution in [0, 0.1) is 0 Å². The molecule has 2 aromatic heterocycles. The monoisotopic (exact) mass is 234 g/mol. The number of nitrogens with two attached hydrogens (primary N) is 1. The molecule has 90 valence electrons. The van der Waals surface area contributed by atoms with Crippen LogP contribution in [0.15, 0.2) is 28.9 Å². The van der Waals surface area contributed by atoms with E-state index in [9.17, 15) is 0 Å². The number of pyridine rings is 1. The first-order valence-electron chi connectivity index (χ1n) is 5.37. The molecule has 0 aliphatic rings. The zero-order chi connectivity index (χ0) is 11.9. The predicted octanol–water partition coefficient (Wildman–Crippen LogP) is 0.531. The van der Waals surface area contributed by atoms with Crippen LogP contribution in [0.2, 0.25) is 0 Å². The van der Waals surface area contributed by atoms with Crippen molar-refractivity contribution >= 4 is 0 Å². The van der Waals surface area contributed by atoms with E-state index >= 15 is 0 Å². The third-order valence-corrected chi connectivity index (χ3v) is 2.06. The highest BCUT2D eigenvalue weighted by atomic mass is 16.5. The summed E-state index contributed by atoms with van der Waals surface area (Å²) in [4.78, 5) is 8.38. The highest BCUT2D eigenvalue weighted by molar-refractivity contribution is 5.08. The third-order valence-electron chi connectivity index (χ3n) is 2.06. The Balaban J connectivity index is 1.90. The van der Waals surface area contributed by atoms with Crippen LogP contribution < -0.4 is 5.73 Å². The average molecular weight is 234 g/mol. The third kappa shape index (κ3) is 3.61. The quantitative estimate of drug-likeness (QED) is 0.734. The van der Waals surface area contributed by atoms with Crippen LogP contribution in [0.4, 0.5) is 0 Å². The molecule has 0 unspecified atom stereocenters. The lowest BCUT2D eigenvalue weighted by molar-refractivity contribution is 0.104. The molecule has 0 radical (unpaired) electrons. The number of ether oxygens (including phenoxy) is 1. The molecule has 0 spiro atoms. The van der Waals surface area contributed by atoms with Gasteiger partial charge in [0.15, 0.2) is 5.82 Å². The van der Waals surface area contributed by atoms with E-state index < -0.39 is 0 Å². The van der Waals surface area contributed by atoms with E-state index in [1.165, 1.54) is 0 Å². The number of nitrogens with zero attached hydrogens (tertiary/aromatic N) is 3. The average Bonchev–Trinajstić information content (AvgIpc) is 2.79. The van der Waals surface area contributed by atoms with Crippen molar-refractivity contribution in [1.29, 1.82) is 0 Å². The molecule has 0 amide bonds. The molecular weight excluding hydrogens is 220 g/mol. The summed E-state index contributed by atoms with van der Waals surface area (Å²) in [7, 11) is 0. The fourth-order valence-electron chi connectivity index (χ4n) is 1.33. The zero-order valence-corrected chi connectivity index (χ0v) is 9.37. The number of hydrogen-bond acceptors (Lipinski definition) is 6. The molecule has 0 bridgehead atoms. The largest absolute Gasteiger partial charge is 0.370 e. The number of aromatic nitrogens is 3. The van der Waals surface area contributed by atoms with E-state index in [0.717, 1.165) is 5.69 Å². The van der Waals surface area contributed by atoms with Crippen molar-refractivity contribution in [3.05, 3.63) is 41.8 Å². The number of hydrogen-bond donors (Lipinski definition) is 1. The Morgan fingerprint density at radius 1 is 1.35 bits per heavy atom. The van der Waals surface area contributed by atoms with E-state index in [1.54, 1.807) is 6.20 Å². The first-order chi connectivity index (χ1) is 8.38. The summed E-state index contributed by atoms with van der Waals surface area (Å²) in [5, 5.41) is 3.85. The maximum atomic E-state index is 5.30. The molecule has 2 rings (SSSR count). The van der Waals surface area contributed by atoms with Crippen molar-refractivity contribution < 1.29 is 9.26 Å². The minimum absolute atomic E-state index is 0.298. The van der Waals surface area contributed by atoms with Crippen molar-refractivity contribution in [2.75, 3.05) is 13.2 Å². The second kappa shape index (κ2) is 6.07. The molecule has 6 nitrogen and oxygen atoms in total. The Morgan fingerprint density at radius 3 is 3.06 bits per heavy atom. The van der Waals surface area contributed by atoms with Gasteiger partial charge in [0.25, 0.3) is 5.89 Å². The molecule has 2 heterocycles. The van der Waals surface area contributed by atoms with Gasteiger partial charge in [0.05, 0.1) is 13.0 Å². The smallest absolute Gasteiger partial charge is 0.252 e. The SMILES string of the molecule is NCCOCc1nc(Cc2ccccn2)no1. The normalized spacial score (nSPS) is 10.6. The Morgan fingerprint density at radius 2 is 2.29 bits per heavy atom. The van der Waals surface area contributed by atoms with Gasteiger partial charge in [-0.15, -0.1) is 0 Å². The Bertz CT molecular complexity index is 444. The standard InChI is InChI=1S/C11H14N4O2/c12-4-6-16-8-11-14-10(15-17-11)7-9-3-1-2-5-13-9/h1-3,5H,4,6-8,12H2. The lowest BCUT2D eigenvalue weighted by Crippen LogP contribution is -2.08. The molecule has 0 aliphatic carbocycles. The minimum Gasteiger partial charge on any atom is -0.370 e. The van der Waals surface area contributed by atoms with Gasteiger partial charge < -0.3 is 15.0 Å². The summed E-state index contributed by atoms with van der Waals surface area (Å²) in [6.45, 7) is 1.26. The first kappa shape index (κ1) is 11.7. The van der Waals surface area contributed by atoms with Crippen LogP contribution in [0.25, 0.3) is 0 Å². The van der Waals surface area contributed by atoms with Gasteiger partial charge in [0.1, 0.15) is 6.61 Å². The first-order valence-corrected chi connectivity index (χ1v) is 5.37. The van der Waals surface area contributed by atoms with Crippen molar-refractivity contribution in [1.82, 2.24) is 15.1 Å². The van der Waals surface area contributed by atoms with E-state index in [2.05, 4.69) is 15.1 Å². The fraction of sp³-hybridized carbons (Fsp3) is 0.364. The molecule has 0 fully saturated rings. The second-order valence-corrected chi connectivity index (χ2v) is 3.44. The van der Waals surface area contributed by atoms with Crippen molar-refractivity contribution in [3.63, 3.8) is 0 Å². The zero-order valence-electron chi connectivity index (χ0n) is 9.37. The van der Waals surface area contributed by atoms with Gasteiger partial charge in [-0.3, -0.25) is 4.98 Å². The lowest BCUT2D eigenvalue weighted by atomic mass is 10.3.